The van der Waals surface area contributed by atoms with Crippen LogP contribution in [0, 0.1) is 0 Å². The van der Waals surface area contributed by atoms with E-state index in [0.717, 1.165) is 34.4 Å². The lowest BCUT2D eigenvalue weighted by molar-refractivity contribution is 0.0487. The third kappa shape index (κ3) is 5.61. The summed E-state index contributed by atoms with van der Waals surface area (Å²) >= 11 is 1.43. The molecule has 1 aliphatic carbocycles. The molecule has 1 fully saturated rings. The van der Waals surface area contributed by atoms with Crippen LogP contribution in [0.3, 0.4) is 0 Å². The molecule has 0 aliphatic heterocycles. The summed E-state index contributed by atoms with van der Waals surface area (Å²) in [7, 11) is 3.91. The van der Waals surface area contributed by atoms with Gasteiger partial charge in [0.05, 0.1) is 12.2 Å². The second-order valence-electron chi connectivity index (χ2n) is 7.93. The van der Waals surface area contributed by atoms with Crippen molar-refractivity contribution in [3.8, 4) is 11.5 Å². The molecule has 6 heteroatoms. The number of likely N-dealkylation sites (N-methyl/N-ethyl adjacent to an activating group) is 1. The van der Waals surface area contributed by atoms with Crippen molar-refractivity contribution in [2.45, 2.75) is 58.2 Å². The number of ether oxygens (including phenoxy) is 3. The van der Waals surface area contributed by atoms with Crippen LogP contribution in [0.4, 0.5) is 0 Å². The molecule has 28 heavy (non-hydrogen) atoms. The van der Waals surface area contributed by atoms with Crippen LogP contribution >= 0.6 is 11.3 Å². The van der Waals surface area contributed by atoms with Crippen LogP contribution in [-0.4, -0.2) is 50.3 Å². The first-order valence-electron chi connectivity index (χ1n) is 10.1. The molecule has 5 nitrogen and oxygen atoms in total. The molecule has 0 spiro atoms. The van der Waals surface area contributed by atoms with Gasteiger partial charge in [0, 0.05) is 22.7 Å². The first-order valence-corrected chi connectivity index (χ1v) is 11.0. The van der Waals surface area contributed by atoms with Crippen molar-refractivity contribution in [3.63, 3.8) is 0 Å². The highest BCUT2D eigenvalue weighted by atomic mass is 32.1. The highest BCUT2D eigenvalue weighted by Gasteiger charge is 2.20. The smallest absolute Gasteiger partial charge is 0.348 e. The maximum absolute atomic E-state index is 12.5. The fourth-order valence-electron chi connectivity index (χ4n) is 3.38. The normalized spacial score (nSPS) is 15.4. The topological polar surface area (TPSA) is 48.0 Å². The van der Waals surface area contributed by atoms with Gasteiger partial charge in [-0.1, -0.05) is 6.42 Å². The van der Waals surface area contributed by atoms with Crippen LogP contribution in [-0.2, 0) is 4.74 Å². The molecule has 0 saturated heterocycles. The van der Waals surface area contributed by atoms with Gasteiger partial charge in [-0.2, -0.15) is 0 Å². The van der Waals surface area contributed by atoms with E-state index in [-0.39, 0.29) is 18.2 Å². The number of nitrogens with zero attached hydrogens (tertiary/aromatic N) is 1. The average molecular weight is 406 g/mol. The molecule has 1 aromatic heterocycles. The van der Waals surface area contributed by atoms with E-state index >= 15 is 0 Å². The summed E-state index contributed by atoms with van der Waals surface area (Å²) < 4.78 is 18.7. The largest absolute Gasteiger partial charge is 0.491 e. The first-order chi connectivity index (χ1) is 13.4. The SMILES string of the molecule is CC(C)Oc1cc(OC2CCCCC2)c2cc(C(=O)OCCN(C)C)sc2c1. The maximum Gasteiger partial charge on any atom is 0.348 e. The number of carbonyl (C=O) groups excluding carboxylic acids is 1. The third-order valence-electron chi connectivity index (χ3n) is 4.76. The van der Waals surface area contributed by atoms with Crippen molar-refractivity contribution in [2.75, 3.05) is 27.2 Å². The van der Waals surface area contributed by atoms with E-state index in [0.29, 0.717) is 18.0 Å². The first kappa shape index (κ1) is 20.9. The van der Waals surface area contributed by atoms with Gasteiger partial charge in [0.2, 0.25) is 0 Å². The minimum Gasteiger partial charge on any atom is -0.491 e. The van der Waals surface area contributed by atoms with Crippen molar-refractivity contribution < 1.29 is 19.0 Å². The minimum atomic E-state index is -0.280. The van der Waals surface area contributed by atoms with Crippen LogP contribution in [0.1, 0.15) is 55.6 Å². The zero-order chi connectivity index (χ0) is 20.1. The van der Waals surface area contributed by atoms with Crippen LogP contribution in [0.5, 0.6) is 11.5 Å². The minimum absolute atomic E-state index is 0.0791. The lowest BCUT2D eigenvalue weighted by Crippen LogP contribution is -2.20. The van der Waals surface area contributed by atoms with Crippen LogP contribution < -0.4 is 9.47 Å². The Balaban J connectivity index is 1.85. The molecule has 0 bridgehead atoms. The molecule has 154 valence electrons. The Kier molecular flexibility index (Phi) is 7.18. The number of rotatable bonds is 8. The number of esters is 1. The quantitative estimate of drug-likeness (QED) is 0.571. The number of thiophene rings is 1. The van der Waals surface area contributed by atoms with Gasteiger partial charge in [-0.15, -0.1) is 11.3 Å². The number of hydrogen-bond acceptors (Lipinski definition) is 6. The van der Waals surface area contributed by atoms with Crippen molar-refractivity contribution in [2.24, 2.45) is 0 Å². The second-order valence-corrected chi connectivity index (χ2v) is 9.01. The molecule has 1 saturated carbocycles. The summed E-state index contributed by atoms with van der Waals surface area (Å²) in [6, 6.07) is 5.85. The van der Waals surface area contributed by atoms with Gasteiger partial charge in [-0.05, 0) is 65.8 Å². The fraction of sp³-hybridized carbons (Fsp3) is 0.591. The zero-order valence-corrected chi connectivity index (χ0v) is 18.1. The molecular weight excluding hydrogens is 374 g/mol. The molecule has 0 radical (unpaired) electrons. The lowest BCUT2D eigenvalue weighted by atomic mass is 9.98. The van der Waals surface area contributed by atoms with E-state index in [1.165, 1.54) is 30.6 Å². The highest BCUT2D eigenvalue weighted by Crippen LogP contribution is 2.39. The van der Waals surface area contributed by atoms with Crippen molar-refractivity contribution in [3.05, 3.63) is 23.1 Å². The van der Waals surface area contributed by atoms with Crippen molar-refractivity contribution in [1.29, 1.82) is 0 Å². The molecule has 3 rings (SSSR count). The average Bonchev–Trinajstić information content (AvgIpc) is 3.06. The Bertz CT molecular complexity index is 793. The molecular formula is C22H31NO4S. The zero-order valence-electron chi connectivity index (χ0n) is 17.3. The molecule has 1 aromatic carbocycles. The Labute approximate surface area is 171 Å². The molecule has 2 aromatic rings. The molecule has 1 aliphatic rings. The Morgan fingerprint density at radius 2 is 1.93 bits per heavy atom. The van der Waals surface area contributed by atoms with Crippen LogP contribution in [0.15, 0.2) is 18.2 Å². The Morgan fingerprint density at radius 3 is 2.61 bits per heavy atom. The third-order valence-corrected chi connectivity index (χ3v) is 5.83. The van der Waals surface area contributed by atoms with E-state index < -0.39 is 0 Å². The van der Waals surface area contributed by atoms with Crippen molar-refractivity contribution >= 4 is 27.4 Å². The number of fused-ring (bicyclic) bond motifs is 1. The molecule has 0 atom stereocenters. The number of hydrogen-bond donors (Lipinski definition) is 0. The van der Waals surface area contributed by atoms with Gasteiger partial charge in [0.1, 0.15) is 23.0 Å². The van der Waals surface area contributed by atoms with Crippen molar-refractivity contribution in [1.82, 2.24) is 4.90 Å². The van der Waals surface area contributed by atoms with E-state index in [4.69, 9.17) is 14.2 Å². The maximum atomic E-state index is 12.5. The molecule has 0 unspecified atom stereocenters. The van der Waals surface area contributed by atoms with E-state index in [1.807, 2.05) is 51.0 Å². The second kappa shape index (κ2) is 9.61. The standard InChI is InChI=1S/C22H31NO4S/c1-15(2)26-17-12-19(27-16-8-6-5-7-9-16)18-14-21(28-20(18)13-17)22(24)25-11-10-23(3)4/h12-16H,5-11H2,1-4H3. The van der Waals surface area contributed by atoms with Crippen LogP contribution in [0.25, 0.3) is 10.1 Å². The predicted molar refractivity (Wildman–Crippen MR) is 114 cm³/mol. The summed E-state index contributed by atoms with van der Waals surface area (Å²) in [4.78, 5) is 15.0. The van der Waals surface area contributed by atoms with Crippen LogP contribution in [0.2, 0.25) is 0 Å². The summed E-state index contributed by atoms with van der Waals surface area (Å²) in [5.74, 6) is 1.31. The Morgan fingerprint density at radius 1 is 1.18 bits per heavy atom. The van der Waals surface area contributed by atoms with Gasteiger partial charge in [-0.25, -0.2) is 4.79 Å². The van der Waals surface area contributed by atoms with Gasteiger partial charge in [0.15, 0.2) is 0 Å². The van der Waals surface area contributed by atoms with Gasteiger partial charge < -0.3 is 19.1 Å². The fourth-order valence-corrected chi connectivity index (χ4v) is 4.38. The summed E-state index contributed by atoms with van der Waals surface area (Å²) in [6.45, 7) is 5.11. The van der Waals surface area contributed by atoms with E-state index in [1.54, 1.807) is 0 Å². The molecule has 1 heterocycles. The molecule has 0 N–H and O–H groups in total. The van der Waals surface area contributed by atoms with Gasteiger partial charge >= 0.3 is 5.97 Å². The Hall–Kier alpha value is -1.79. The van der Waals surface area contributed by atoms with E-state index in [2.05, 4.69) is 0 Å². The highest BCUT2D eigenvalue weighted by molar-refractivity contribution is 7.20. The monoisotopic (exact) mass is 405 g/mol. The predicted octanol–water partition coefficient (Wildman–Crippen LogP) is 5.12. The number of benzene rings is 1. The van der Waals surface area contributed by atoms with E-state index in [9.17, 15) is 4.79 Å². The lowest BCUT2D eigenvalue weighted by Gasteiger charge is -2.24. The number of carbonyl (C=O) groups is 1. The summed E-state index contributed by atoms with van der Waals surface area (Å²) in [5.41, 5.74) is 0. The summed E-state index contributed by atoms with van der Waals surface area (Å²) in [6.07, 6.45) is 6.19. The summed E-state index contributed by atoms with van der Waals surface area (Å²) in [5, 5.41) is 0.964. The van der Waals surface area contributed by atoms with Gasteiger partial charge in [0.25, 0.3) is 0 Å². The van der Waals surface area contributed by atoms with Gasteiger partial charge in [-0.3, -0.25) is 0 Å². The molecule has 0 amide bonds.